The van der Waals surface area contributed by atoms with Gasteiger partial charge in [0.25, 0.3) is 0 Å². The summed E-state index contributed by atoms with van der Waals surface area (Å²) >= 11 is 0. The molecule has 92 valence electrons. The van der Waals surface area contributed by atoms with Crippen LogP contribution in [0.3, 0.4) is 0 Å². The van der Waals surface area contributed by atoms with Gasteiger partial charge in [0.1, 0.15) is 0 Å². The molecule has 1 aliphatic rings. The fourth-order valence-corrected chi connectivity index (χ4v) is 2.04. The van der Waals surface area contributed by atoms with Gasteiger partial charge in [-0.2, -0.15) is 0 Å². The van der Waals surface area contributed by atoms with E-state index in [1.807, 2.05) is 0 Å². The highest BCUT2D eigenvalue weighted by molar-refractivity contribution is 5.89. The lowest BCUT2D eigenvalue weighted by Crippen LogP contribution is -2.11. The third kappa shape index (κ3) is 2.29. The number of carbonyl (C=O) groups is 1. The zero-order chi connectivity index (χ0) is 12.4. The van der Waals surface area contributed by atoms with Gasteiger partial charge < -0.3 is 10.1 Å². The molecule has 2 rings (SSSR count). The summed E-state index contributed by atoms with van der Waals surface area (Å²) in [6.07, 6.45) is 0.853. The first-order chi connectivity index (χ1) is 8.13. The summed E-state index contributed by atoms with van der Waals surface area (Å²) in [6, 6.07) is 2.53. The normalized spacial score (nSPS) is 19.4. The highest BCUT2D eigenvalue weighted by Gasteiger charge is 2.23. The molecule has 1 aromatic carbocycles. The summed E-state index contributed by atoms with van der Waals surface area (Å²) < 4.78 is 31.2. The Labute approximate surface area is 97.8 Å². The monoisotopic (exact) mass is 241 g/mol. The molecule has 1 fully saturated rings. The SMILES string of the molecule is COC(=O)c1cc(C2CCNC2)cc(F)c1F. The molecule has 0 amide bonds. The van der Waals surface area contributed by atoms with Gasteiger partial charge >= 0.3 is 5.97 Å². The van der Waals surface area contributed by atoms with Crippen molar-refractivity contribution in [3.8, 4) is 0 Å². The number of esters is 1. The van der Waals surface area contributed by atoms with Crippen molar-refractivity contribution in [1.29, 1.82) is 0 Å². The van der Waals surface area contributed by atoms with Gasteiger partial charge in [-0.1, -0.05) is 0 Å². The van der Waals surface area contributed by atoms with E-state index >= 15 is 0 Å². The number of ether oxygens (including phenoxy) is 1. The average molecular weight is 241 g/mol. The van der Waals surface area contributed by atoms with Gasteiger partial charge in [-0.15, -0.1) is 0 Å². The number of nitrogens with one attached hydrogen (secondary N) is 1. The van der Waals surface area contributed by atoms with Crippen LogP contribution in [0, 0.1) is 11.6 Å². The van der Waals surface area contributed by atoms with Crippen molar-refractivity contribution in [2.45, 2.75) is 12.3 Å². The third-order valence-corrected chi connectivity index (χ3v) is 2.99. The van der Waals surface area contributed by atoms with E-state index in [4.69, 9.17) is 0 Å². The molecule has 1 aromatic rings. The molecular formula is C12H13F2NO2. The molecule has 0 bridgehead atoms. The number of hydrogen-bond acceptors (Lipinski definition) is 3. The zero-order valence-corrected chi connectivity index (χ0v) is 9.43. The van der Waals surface area contributed by atoms with Crippen LogP contribution in [-0.4, -0.2) is 26.2 Å². The molecule has 0 spiro atoms. The number of methoxy groups -OCH3 is 1. The van der Waals surface area contributed by atoms with Gasteiger partial charge in [-0.05, 0) is 36.6 Å². The molecule has 17 heavy (non-hydrogen) atoms. The summed E-state index contributed by atoms with van der Waals surface area (Å²) in [6.45, 7) is 1.56. The van der Waals surface area contributed by atoms with Crippen molar-refractivity contribution in [3.05, 3.63) is 34.9 Å². The number of rotatable bonds is 2. The van der Waals surface area contributed by atoms with Crippen LogP contribution in [0.4, 0.5) is 8.78 Å². The predicted molar refractivity (Wildman–Crippen MR) is 57.9 cm³/mol. The minimum Gasteiger partial charge on any atom is -0.465 e. The Hall–Kier alpha value is -1.49. The lowest BCUT2D eigenvalue weighted by Gasteiger charge is -2.11. The molecule has 1 saturated heterocycles. The van der Waals surface area contributed by atoms with Crippen LogP contribution in [0.15, 0.2) is 12.1 Å². The summed E-state index contributed by atoms with van der Waals surface area (Å²) in [4.78, 5) is 11.3. The van der Waals surface area contributed by atoms with Crippen LogP contribution >= 0.6 is 0 Å². The standard InChI is InChI=1S/C12H13F2NO2/c1-17-12(16)9-4-8(5-10(13)11(9)14)7-2-3-15-6-7/h4-5,7,15H,2-3,6H2,1H3. The van der Waals surface area contributed by atoms with E-state index in [-0.39, 0.29) is 11.5 Å². The quantitative estimate of drug-likeness (QED) is 0.803. The van der Waals surface area contributed by atoms with E-state index in [1.54, 1.807) is 0 Å². The summed E-state index contributed by atoms with van der Waals surface area (Å²) in [5.74, 6) is -2.89. The second kappa shape index (κ2) is 4.79. The van der Waals surface area contributed by atoms with Crippen LogP contribution in [0.25, 0.3) is 0 Å². The van der Waals surface area contributed by atoms with Crippen molar-refractivity contribution in [2.24, 2.45) is 0 Å². The van der Waals surface area contributed by atoms with Crippen LogP contribution in [0.2, 0.25) is 0 Å². The Morgan fingerprint density at radius 1 is 1.47 bits per heavy atom. The number of carbonyl (C=O) groups excluding carboxylic acids is 1. The van der Waals surface area contributed by atoms with Gasteiger partial charge in [0.2, 0.25) is 0 Å². The molecule has 1 N–H and O–H groups in total. The van der Waals surface area contributed by atoms with Crippen molar-refractivity contribution < 1.29 is 18.3 Å². The first kappa shape index (κ1) is 12.0. The molecule has 1 unspecified atom stereocenters. The van der Waals surface area contributed by atoms with Crippen molar-refractivity contribution in [2.75, 3.05) is 20.2 Å². The molecule has 1 heterocycles. The van der Waals surface area contributed by atoms with Gasteiger partial charge in [0.05, 0.1) is 12.7 Å². The molecule has 0 aliphatic carbocycles. The van der Waals surface area contributed by atoms with Gasteiger partial charge in [-0.25, -0.2) is 13.6 Å². The van der Waals surface area contributed by atoms with E-state index in [2.05, 4.69) is 10.1 Å². The molecule has 3 nitrogen and oxygen atoms in total. The van der Waals surface area contributed by atoms with E-state index in [0.717, 1.165) is 26.1 Å². The molecule has 0 aromatic heterocycles. The lowest BCUT2D eigenvalue weighted by atomic mass is 9.96. The smallest absolute Gasteiger partial charge is 0.340 e. The van der Waals surface area contributed by atoms with Crippen molar-refractivity contribution >= 4 is 5.97 Å². The second-order valence-electron chi connectivity index (χ2n) is 4.05. The lowest BCUT2D eigenvalue weighted by molar-refractivity contribution is 0.0594. The minimum absolute atomic E-state index is 0.119. The maximum atomic E-state index is 13.4. The zero-order valence-electron chi connectivity index (χ0n) is 9.43. The fraction of sp³-hybridized carbons (Fsp3) is 0.417. The highest BCUT2D eigenvalue weighted by atomic mass is 19.2. The van der Waals surface area contributed by atoms with Crippen LogP contribution < -0.4 is 5.32 Å². The Morgan fingerprint density at radius 2 is 2.24 bits per heavy atom. The van der Waals surface area contributed by atoms with Crippen molar-refractivity contribution in [3.63, 3.8) is 0 Å². The van der Waals surface area contributed by atoms with Crippen molar-refractivity contribution in [1.82, 2.24) is 5.32 Å². The number of benzene rings is 1. The molecular weight excluding hydrogens is 228 g/mol. The Balaban J connectivity index is 2.41. The Bertz CT molecular complexity index is 442. The highest BCUT2D eigenvalue weighted by Crippen LogP contribution is 2.26. The topological polar surface area (TPSA) is 38.3 Å². The molecule has 0 saturated carbocycles. The van der Waals surface area contributed by atoms with E-state index in [0.29, 0.717) is 12.1 Å². The first-order valence-electron chi connectivity index (χ1n) is 5.41. The van der Waals surface area contributed by atoms with Crippen LogP contribution in [0.1, 0.15) is 28.3 Å². The van der Waals surface area contributed by atoms with E-state index < -0.39 is 17.6 Å². The summed E-state index contributed by atoms with van der Waals surface area (Å²) in [7, 11) is 1.14. The van der Waals surface area contributed by atoms with Crippen LogP contribution in [-0.2, 0) is 4.74 Å². The molecule has 0 radical (unpaired) electrons. The largest absolute Gasteiger partial charge is 0.465 e. The minimum atomic E-state index is -1.15. The molecule has 1 aliphatic heterocycles. The summed E-state index contributed by atoms with van der Waals surface area (Å²) in [5, 5.41) is 3.14. The number of halogens is 2. The fourth-order valence-electron chi connectivity index (χ4n) is 2.04. The second-order valence-corrected chi connectivity index (χ2v) is 4.05. The van der Waals surface area contributed by atoms with E-state index in [1.165, 1.54) is 6.07 Å². The summed E-state index contributed by atoms with van der Waals surface area (Å²) in [5.41, 5.74) is 0.295. The first-order valence-corrected chi connectivity index (χ1v) is 5.41. The maximum Gasteiger partial charge on any atom is 0.340 e. The number of hydrogen-bond donors (Lipinski definition) is 1. The predicted octanol–water partition coefficient (Wildman–Crippen LogP) is 1.83. The Morgan fingerprint density at radius 3 is 2.82 bits per heavy atom. The van der Waals surface area contributed by atoms with Gasteiger partial charge in [0.15, 0.2) is 11.6 Å². The van der Waals surface area contributed by atoms with Crippen LogP contribution in [0.5, 0.6) is 0 Å². The molecule has 5 heteroatoms. The van der Waals surface area contributed by atoms with E-state index in [9.17, 15) is 13.6 Å². The maximum absolute atomic E-state index is 13.4. The van der Waals surface area contributed by atoms with Gasteiger partial charge in [-0.3, -0.25) is 0 Å². The average Bonchev–Trinajstić information content (AvgIpc) is 2.85. The molecule has 1 atom stereocenters. The van der Waals surface area contributed by atoms with Gasteiger partial charge in [0, 0.05) is 6.54 Å². The third-order valence-electron chi connectivity index (χ3n) is 2.99. The Kier molecular flexibility index (Phi) is 3.38.